The van der Waals surface area contributed by atoms with Crippen LogP contribution in [0.15, 0.2) is 261 Å². The molecule has 0 bridgehead atoms. The molecule has 0 fully saturated rings. The van der Waals surface area contributed by atoms with Crippen LogP contribution in [0, 0.1) is 0 Å². The number of hydrogen-bond donors (Lipinski definition) is 0. The van der Waals surface area contributed by atoms with E-state index in [-0.39, 0.29) is 0 Å². The Bertz CT molecular complexity index is 4190. The molecule has 326 valence electrons. The van der Waals surface area contributed by atoms with Gasteiger partial charge < -0.3 is 14.0 Å². The molecule has 2 aromatic heterocycles. The minimum atomic E-state index is -0.493. The molecule has 2 aliphatic rings. The molecule has 0 amide bonds. The van der Waals surface area contributed by atoms with E-state index in [9.17, 15) is 0 Å². The van der Waals surface area contributed by atoms with Gasteiger partial charge in [-0.15, -0.1) is 0 Å². The zero-order valence-electron chi connectivity index (χ0n) is 38.2. The fraction of sp³-hybridized carbons (Fsp3) is 0.0149. The average molecular weight is 890 g/mol. The standard InChI is InChI=1S/C67H43N3/c1-4-20-44(21-5-1)45-38-40-62-54(42-45)52-30-18-37-64(66(52)70(62)47-24-8-3-9-25-47)69(48-39-41-61-55(43-48)51-28-13-17-35-60(51)68(61)46-22-6-2-7-23-46)63-36-19-34-59-65(63)53-29-12-16-33-58(53)67(59)56-31-14-10-26-49(56)50-27-11-15-32-57(50)67/h1-43H. The van der Waals surface area contributed by atoms with Crippen LogP contribution in [0.5, 0.6) is 0 Å². The number of para-hydroxylation sites is 4. The lowest BCUT2D eigenvalue weighted by Crippen LogP contribution is -2.26. The van der Waals surface area contributed by atoms with Gasteiger partial charge in [-0.05, 0) is 123 Å². The van der Waals surface area contributed by atoms with E-state index in [1.165, 1.54) is 88.2 Å². The third-order valence-corrected chi connectivity index (χ3v) is 15.3. The molecule has 15 rings (SSSR count). The lowest BCUT2D eigenvalue weighted by atomic mass is 9.70. The second-order valence-corrected chi connectivity index (χ2v) is 18.8. The molecular formula is C67H43N3. The van der Waals surface area contributed by atoms with E-state index in [0.717, 1.165) is 39.5 Å². The Morgan fingerprint density at radius 3 is 1.53 bits per heavy atom. The van der Waals surface area contributed by atoms with Crippen LogP contribution in [-0.4, -0.2) is 9.13 Å². The first kappa shape index (κ1) is 38.9. The monoisotopic (exact) mass is 889 g/mol. The summed E-state index contributed by atoms with van der Waals surface area (Å²) in [4.78, 5) is 2.58. The highest BCUT2D eigenvalue weighted by atomic mass is 15.2. The van der Waals surface area contributed by atoms with Crippen molar-refractivity contribution < 1.29 is 0 Å². The Hall–Kier alpha value is -9.18. The summed E-state index contributed by atoms with van der Waals surface area (Å²) in [6, 6.07) is 96.7. The van der Waals surface area contributed by atoms with Crippen LogP contribution in [0.2, 0.25) is 0 Å². The maximum atomic E-state index is 2.58. The first-order chi connectivity index (χ1) is 34.8. The summed E-state index contributed by atoms with van der Waals surface area (Å²) in [7, 11) is 0. The molecule has 2 heterocycles. The van der Waals surface area contributed by atoms with E-state index in [4.69, 9.17) is 0 Å². The Morgan fingerprint density at radius 1 is 0.300 bits per heavy atom. The molecule has 0 atom stereocenters. The Kier molecular flexibility index (Phi) is 8.28. The van der Waals surface area contributed by atoms with Crippen molar-refractivity contribution >= 4 is 60.7 Å². The van der Waals surface area contributed by atoms with E-state index in [0.29, 0.717) is 0 Å². The van der Waals surface area contributed by atoms with Gasteiger partial charge in [0.25, 0.3) is 0 Å². The smallest absolute Gasteiger partial charge is 0.0782 e. The van der Waals surface area contributed by atoms with Gasteiger partial charge in [-0.3, -0.25) is 0 Å². The second-order valence-electron chi connectivity index (χ2n) is 18.8. The van der Waals surface area contributed by atoms with Crippen molar-refractivity contribution in [3.8, 4) is 44.8 Å². The highest BCUT2D eigenvalue weighted by molar-refractivity contribution is 6.17. The van der Waals surface area contributed by atoms with Crippen molar-refractivity contribution in [2.45, 2.75) is 5.41 Å². The molecular weight excluding hydrogens is 847 g/mol. The molecule has 3 heteroatoms. The van der Waals surface area contributed by atoms with Crippen LogP contribution >= 0.6 is 0 Å². The highest BCUT2D eigenvalue weighted by Gasteiger charge is 2.52. The van der Waals surface area contributed by atoms with E-state index in [1.54, 1.807) is 0 Å². The van der Waals surface area contributed by atoms with Gasteiger partial charge in [-0.1, -0.05) is 188 Å². The predicted octanol–water partition coefficient (Wildman–Crippen LogP) is 17.4. The molecule has 11 aromatic carbocycles. The third kappa shape index (κ3) is 5.29. The van der Waals surface area contributed by atoms with Gasteiger partial charge in [0, 0.05) is 44.2 Å². The molecule has 0 N–H and O–H groups in total. The van der Waals surface area contributed by atoms with E-state index in [1.807, 2.05) is 0 Å². The number of benzene rings is 11. The van der Waals surface area contributed by atoms with Gasteiger partial charge in [-0.2, -0.15) is 0 Å². The maximum absolute atomic E-state index is 2.58. The molecule has 13 aromatic rings. The summed E-state index contributed by atoms with van der Waals surface area (Å²) in [5.41, 5.74) is 22.6. The summed E-state index contributed by atoms with van der Waals surface area (Å²) >= 11 is 0. The van der Waals surface area contributed by atoms with E-state index >= 15 is 0 Å². The van der Waals surface area contributed by atoms with Gasteiger partial charge in [0.2, 0.25) is 0 Å². The van der Waals surface area contributed by atoms with Crippen molar-refractivity contribution in [2.75, 3.05) is 4.90 Å². The fourth-order valence-electron chi connectivity index (χ4n) is 12.6. The zero-order chi connectivity index (χ0) is 45.9. The summed E-state index contributed by atoms with van der Waals surface area (Å²) in [5.74, 6) is 0. The molecule has 3 nitrogen and oxygen atoms in total. The first-order valence-corrected chi connectivity index (χ1v) is 24.3. The minimum Gasteiger partial charge on any atom is -0.309 e. The zero-order valence-corrected chi connectivity index (χ0v) is 38.2. The van der Waals surface area contributed by atoms with Crippen LogP contribution in [0.1, 0.15) is 22.3 Å². The van der Waals surface area contributed by atoms with Gasteiger partial charge in [0.15, 0.2) is 0 Å². The Morgan fingerprint density at radius 2 is 0.800 bits per heavy atom. The Labute approximate surface area is 406 Å². The van der Waals surface area contributed by atoms with Crippen LogP contribution in [0.3, 0.4) is 0 Å². The van der Waals surface area contributed by atoms with Crippen molar-refractivity contribution in [3.05, 3.63) is 283 Å². The van der Waals surface area contributed by atoms with E-state index < -0.39 is 5.41 Å². The highest BCUT2D eigenvalue weighted by Crippen LogP contribution is 2.65. The van der Waals surface area contributed by atoms with Crippen LogP contribution < -0.4 is 4.90 Å². The van der Waals surface area contributed by atoms with Crippen molar-refractivity contribution in [3.63, 3.8) is 0 Å². The summed E-state index contributed by atoms with van der Waals surface area (Å²) in [6.07, 6.45) is 0. The molecule has 0 unspecified atom stereocenters. The number of hydrogen-bond acceptors (Lipinski definition) is 1. The largest absolute Gasteiger partial charge is 0.309 e. The number of anilines is 3. The molecule has 70 heavy (non-hydrogen) atoms. The number of nitrogens with zero attached hydrogens (tertiary/aromatic N) is 3. The maximum Gasteiger partial charge on any atom is 0.0782 e. The molecule has 0 saturated carbocycles. The minimum absolute atomic E-state index is 0.493. The van der Waals surface area contributed by atoms with Crippen LogP contribution in [0.4, 0.5) is 17.1 Å². The van der Waals surface area contributed by atoms with Crippen LogP contribution in [-0.2, 0) is 5.41 Å². The summed E-state index contributed by atoms with van der Waals surface area (Å²) < 4.78 is 4.90. The van der Waals surface area contributed by atoms with Gasteiger partial charge in [-0.25, -0.2) is 0 Å². The SMILES string of the molecule is c1ccc(-c2ccc3c(c2)c2cccc(N(c4ccc5c(c4)c4ccccc4n5-c4ccccc4)c4cccc5c4-c4ccccc4C54c5ccccc5-c5ccccc54)c2n3-c2ccccc2)cc1. The van der Waals surface area contributed by atoms with Crippen molar-refractivity contribution in [1.29, 1.82) is 0 Å². The van der Waals surface area contributed by atoms with E-state index in [2.05, 4.69) is 275 Å². The second kappa shape index (κ2) is 14.9. The third-order valence-electron chi connectivity index (χ3n) is 15.3. The molecule has 2 aliphatic carbocycles. The van der Waals surface area contributed by atoms with Crippen molar-refractivity contribution in [2.24, 2.45) is 0 Å². The van der Waals surface area contributed by atoms with Crippen molar-refractivity contribution in [1.82, 2.24) is 9.13 Å². The average Bonchev–Trinajstić information content (AvgIpc) is 4.15. The molecule has 0 aliphatic heterocycles. The predicted molar refractivity (Wildman–Crippen MR) is 292 cm³/mol. The molecule has 0 radical (unpaired) electrons. The van der Waals surface area contributed by atoms with Gasteiger partial charge in [0.05, 0.1) is 38.9 Å². The first-order valence-electron chi connectivity index (χ1n) is 24.3. The summed E-state index contributed by atoms with van der Waals surface area (Å²) in [5, 5.41) is 4.83. The van der Waals surface area contributed by atoms with Gasteiger partial charge >= 0.3 is 0 Å². The molecule has 0 saturated heterocycles. The lowest BCUT2D eigenvalue weighted by molar-refractivity contribution is 0.794. The molecule has 1 spiro atoms. The number of fused-ring (bicyclic) bond motifs is 16. The quantitative estimate of drug-likeness (QED) is 0.162. The summed E-state index contributed by atoms with van der Waals surface area (Å²) in [6.45, 7) is 0. The normalized spacial score (nSPS) is 13.0. The van der Waals surface area contributed by atoms with Gasteiger partial charge in [0.1, 0.15) is 0 Å². The topological polar surface area (TPSA) is 13.1 Å². The van der Waals surface area contributed by atoms with Crippen LogP contribution in [0.25, 0.3) is 88.4 Å². The number of rotatable bonds is 6. The number of aromatic nitrogens is 2. The Balaban J connectivity index is 1.08. The fourth-order valence-corrected chi connectivity index (χ4v) is 12.6. The lowest BCUT2D eigenvalue weighted by Gasteiger charge is -2.32.